The minimum Gasteiger partial charge on any atom is -0.351 e. The third-order valence-corrected chi connectivity index (χ3v) is 11.2. The summed E-state index contributed by atoms with van der Waals surface area (Å²) in [6.45, 7) is 3.77. The number of nitrogens with one attached hydrogen (secondary N) is 2. The van der Waals surface area contributed by atoms with Crippen LogP contribution in [0.2, 0.25) is 0 Å². The highest BCUT2D eigenvalue weighted by molar-refractivity contribution is 7.92. The van der Waals surface area contributed by atoms with Crippen LogP contribution in [0.3, 0.4) is 0 Å². The first-order valence-corrected chi connectivity index (χ1v) is 17.1. The molecule has 3 fully saturated rings. The zero-order chi connectivity index (χ0) is 30.5. The maximum absolute atomic E-state index is 15.2. The van der Waals surface area contributed by atoms with Gasteiger partial charge in [0.05, 0.1) is 17.6 Å². The van der Waals surface area contributed by atoms with Crippen molar-refractivity contribution in [2.24, 2.45) is 11.3 Å². The Morgan fingerprint density at radius 3 is 2.47 bits per heavy atom. The number of halogens is 1. The number of hydrogen-bond donors (Lipinski definition) is 2. The van der Waals surface area contributed by atoms with E-state index in [1.54, 1.807) is 10.8 Å². The zero-order valence-corrected chi connectivity index (χ0v) is 26.3. The zero-order valence-electron chi connectivity index (χ0n) is 25.4. The third-order valence-electron chi connectivity index (χ3n) is 9.73. The number of benzene rings is 1. The van der Waals surface area contributed by atoms with Gasteiger partial charge in [0.25, 0.3) is 5.56 Å². The molecule has 0 amide bonds. The Hall–Kier alpha value is -3.12. The molecule has 0 unspecified atom stereocenters. The topological polar surface area (TPSA) is 122 Å². The highest BCUT2D eigenvalue weighted by atomic mass is 32.2. The van der Waals surface area contributed by atoms with Crippen molar-refractivity contribution in [2.75, 3.05) is 29.9 Å². The van der Waals surface area contributed by atoms with Crippen LogP contribution in [0.15, 0.2) is 29.2 Å². The minimum atomic E-state index is -3.70. The summed E-state index contributed by atoms with van der Waals surface area (Å²) in [5.74, 6) is -0.193. The van der Waals surface area contributed by atoms with Crippen molar-refractivity contribution in [3.8, 4) is 11.3 Å². The standard InChI is InChI=1S/C31H42FN7O3S.2H2/c1-19(2)39-28-26(17-33-30(36-28)34-22-7-9-23(10-8-22)38(3)4)35-27(29(39)40)21-6-11-25(24(32)14-21)37-43(41,42)18-20-15-31(16-20)12-5-13-31;;/h6,11,14,17,19-20,22-23,37H,5,7-10,12-13,15-16,18H2,1-4H3,(H,33,34,36);2*1H. The van der Waals surface area contributed by atoms with Crippen molar-refractivity contribution < 1.29 is 15.7 Å². The average Bonchev–Trinajstić information content (AvgIpc) is 2.90. The molecule has 0 saturated heterocycles. The van der Waals surface area contributed by atoms with Gasteiger partial charge < -0.3 is 10.2 Å². The lowest BCUT2D eigenvalue weighted by atomic mass is 9.52. The van der Waals surface area contributed by atoms with E-state index in [0.29, 0.717) is 28.6 Å². The highest BCUT2D eigenvalue weighted by Gasteiger charge is 2.49. The Labute approximate surface area is 255 Å². The predicted octanol–water partition coefficient (Wildman–Crippen LogP) is 5.67. The second kappa shape index (κ2) is 11.4. The van der Waals surface area contributed by atoms with Crippen LogP contribution in [0.25, 0.3) is 22.4 Å². The summed E-state index contributed by atoms with van der Waals surface area (Å²) in [5.41, 5.74) is 0.977. The molecule has 236 valence electrons. The number of sulfonamides is 1. The molecule has 2 heterocycles. The average molecular weight is 616 g/mol. The Morgan fingerprint density at radius 1 is 1.14 bits per heavy atom. The lowest BCUT2D eigenvalue weighted by Gasteiger charge is -2.54. The molecule has 12 heteroatoms. The van der Waals surface area contributed by atoms with Gasteiger partial charge in [0, 0.05) is 26.5 Å². The lowest BCUT2D eigenvalue weighted by molar-refractivity contribution is -0.0146. The van der Waals surface area contributed by atoms with Crippen LogP contribution in [0, 0.1) is 17.2 Å². The van der Waals surface area contributed by atoms with Crippen molar-refractivity contribution >= 4 is 32.8 Å². The Bertz CT molecular complexity index is 1680. The molecule has 3 aliphatic rings. The Morgan fingerprint density at radius 2 is 1.86 bits per heavy atom. The van der Waals surface area contributed by atoms with Crippen LogP contribution in [0.4, 0.5) is 16.0 Å². The van der Waals surface area contributed by atoms with Gasteiger partial charge in [-0.15, -0.1) is 0 Å². The first-order chi connectivity index (χ1) is 20.4. The van der Waals surface area contributed by atoms with E-state index in [2.05, 4.69) is 44.0 Å². The van der Waals surface area contributed by atoms with Gasteiger partial charge in [-0.3, -0.25) is 14.1 Å². The van der Waals surface area contributed by atoms with Gasteiger partial charge in [-0.1, -0.05) is 12.5 Å². The molecule has 0 atom stereocenters. The van der Waals surface area contributed by atoms with Crippen LogP contribution in [0.1, 0.15) is 80.5 Å². The van der Waals surface area contributed by atoms with Gasteiger partial charge in [0.2, 0.25) is 16.0 Å². The Kier molecular flexibility index (Phi) is 7.95. The van der Waals surface area contributed by atoms with Crippen molar-refractivity contribution in [1.82, 2.24) is 24.4 Å². The fourth-order valence-electron chi connectivity index (χ4n) is 7.29. The van der Waals surface area contributed by atoms with Crippen molar-refractivity contribution in [3.05, 3.63) is 40.6 Å². The normalized spacial score (nSPS) is 22.1. The second-order valence-corrected chi connectivity index (χ2v) is 15.2. The van der Waals surface area contributed by atoms with Gasteiger partial charge in [-0.2, -0.15) is 4.98 Å². The molecular formula is C31H46FN7O3S. The predicted molar refractivity (Wildman–Crippen MR) is 171 cm³/mol. The van der Waals surface area contributed by atoms with Crippen LogP contribution in [-0.2, 0) is 10.0 Å². The van der Waals surface area contributed by atoms with Crippen molar-refractivity contribution in [1.29, 1.82) is 0 Å². The van der Waals surface area contributed by atoms with E-state index < -0.39 is 21.4 Å². The van der Waals surface area contributed by atoms with Crippen molar-refractivity contribution in [2.45, 2.75) is 89.8 Å². The fraction of sp³-hybridized carbons (Fsp3) is 0.613. The molecule has 10 nitrogen and oxygen atoms in total. The van der Waals surface area contributed by atoms with E-state index in [4.69, 9.17) is 0 Å². The summed E-state index contributed by atoms with van der Waals surface area (Å²) >= 11 is 0. The summed E-state index contributed by atoms with van der Waals surface area (Å²) in [6, 6.07) is 4.63. The molecule has 1 aromatic carbocycles. The molecule has 6 rings (SSSR count). The summed E-state index contributed by atoms with van der Waals surface area (Å²) in [7, 11) is 0.523. The van der Waals surface area contributed by atoms with Gasteiger partial charge in [-0.05, 0) is 103 Å². The van der Waals surface area contributed by atoms with Crippen LogP contribution < -0.4 is 15.6 Å². The third kappa shape index (κ3) is 6.13. The van der Waals surface area contributed by atoms with E-state index in [-0.39, 0.29) is 43.6 Å². The number of aromatic nitrogens is 4. The molecule has 2 N–H and O–H groups in total. The number of fused-ring (bicyclic) bond motifs is 1. The van der Waals surface area contributed by atoms with Crippen LogP contribution >= 0.6 is 0 Å². The van der Waals surface area contributed by atoms with E-state index in [9.17, 15) is 13.2 Å². The first kappa shape index (κ1) is 29.9. The van der Waals surface area contributed by atoms with Crippen LogP contribution in [-0.4, -0.2) is 64.8 Å². The monoisotopic (exact) mass is 615 g/mol. The minimum absolute atomic E-state index is 0. The van der Waals surface area contributed by atoms with E-state index in [0.717, 1.165) is 44.6 Å². The molecular weight excluding hydrogens is 569 g/mol. The summed E-state index contributed by atoms with van der Waals surface area (Å²) < 4.78 is 44.8. The summed E-state index contributed by atoms with van der Waals surface area (Å²) in [4.78, 5) is 29.6. The first-order valence-electron chi connectivity index (χ1n) is 15.4. The molecule has 3 aromatic rings. The Balaban J connectivity index is 0.00000230. The maximum Gasteiger partial charge on any atom is 0.278 e. The number of hydrogen-bond acceptors (Lipinski definition) is 8. The summed E-state index contributed by atoms with van der Waals surface area (Å²) in [6.07, 6.45) is 11.3. The number of rotatable bonds is 9. The molecule has 2 aromatic heterocycles. The number of nitrogens with zero attached hydrogens (tertiary/aromatic N) is 5. The van der Waals surface area contributed by atoms with Crippen molar-refractivity contribution in [3.63, 3.8) is 0 Å². The summed E-state index contributed by atoms with van der Waals surface area (Å²) in [5, 5.41) is 3.44. The highest BCUT2D eigenvalue weighted by Crippen LogP contribution is 2.58. The van der Waals surface area contributed by atoms with Gasteiger partial charge in [-0.25, -0.2) is 22.8 Å². The fourth-order valence-corrected chi connectivity index (χ4v) is 8.73. The van der Waals surface area contributed by atoms with E-state index in [1.807, 2.05) is 13.8 Å². The quantitative estimate of drug-likeness (QED) is 0.316. The molecule has 1 spiro atoms. The van der Waals surface area contributed by atoms with Gasteiger partial charge in [0.1, 0.15) is 17.0 Å². The molecule has 0 bridgehead atoms. The van der Waals surface area contributed by atoms with Gasteiger partial charge >= 0.3 is 0 Å². The second-order valence-electron chi connectivity index (χ2n) is 13.5. The largest absolute Gasteiger partial charge is 0.351 e. The molecule has 3 saturated carbocycles. The van der Waals surface area contributed by atoms with Crippen LogP contribution in [0.5, 0.6) is 0 Å². The lowest BCUT2D eigenvalue weighted by Crippen LogP contribution is -2.45. The van der Waals surface area contributed by atoms with E-state index >= 15 is 4.39 Å². The smallest absolute Gasteiger partial charge is 0.278 e. The number of anilines is 2. The van der Waals surface area contributed by atoms with Gasteiger partial charge in [0.15, 0.2) is 5.65 Å². The molecule has 43 heavy (non-hydrogen) atoms. The molecule has 3 aliphatic carbocycles. The SMILES string of the molecule is CC(C)n1c(=O)c(-c2ccc(NS(=O)(=O)CC3CC4(CCC4)C3)c(F)c2)nc2cnc(NC3CCC(N(C)C)CC3)nc21.[HH].[HH]. The maximum atomic E-state index is 15.2. The van der Waals surface area contributed by atoms with E-state index in [1.165, 1.54) is 31.4 Å². The molecule has 0 aliphatic heterocycles. The molecule has 0 radical (unpaired) electrons.